The zero-order valence-corrected chi connectivity index (χ0v) is 32.8. The summed E-state index contributed by atoms with van der Waals surface area (Å²) in [6, 6.07) is 32.1. The lowest BCUT2D eigenvalue weighted by molar-refractivity contribution is 0.558. The van der Waals surface area contributed by atoms with Gasteiger partial charge in [0.15, 0.2) is 0 Å². The minimum atomic E-state index is 0.431. The molecule has 2 unspecified atom stereocenters. The first-order chi connectivity index (χ1) is 24.9. The van der Waals surface area contributed by atoms with E-state index in [9.17, 15) is 0 Å². The van der Waals surface area contributed by atoms with E-state index in [1.165, 1.54) is 147 Å². The van der Waals surface area contributed by atoms with Gasteiger partial charge in [0.2, 0.25) is 0 Å². The van der Waals surface area contributed by atoms with Crippen molar-refractivity contribution in [3.63, 3.8) is 0 Å². The SMILES string of the molecule is CCCCCCCCCC(c1ccc(CCCc2ccc(C(CCCCCCCCC)c3ccc(N)cc3C)cc2)cc1)c1ccc(N)cc1C. The standard InChI is InChI=1S/C49H70N2/c1-5-7-9-11-13-15-17-22-48(46-34-32-44(50)36-38(46)3)42-28-24-40(25-29-42)20-19-21-41-26-30-43(31-27-41)49(23-18-16-14-12-10-8-6-2)47-35-33-45(51)37-39(47)4/h24-37,48-49H,5-23,50-51H2,1-4H3. The number of rotatable bonds is 24. The molecule has 0 fully saturated rings. The highest BCUT2D eigenvalue weighted by molar-refractivity contribution is 5.49. The second-order valence-electron chi connectivity index (χ2n) is 15.5. The van der Waals surface area contributed by atoms with E-state index in [1.54, 1.807) is 0 Å². The Labute approximate surface area is 312 Å². The zero-order chi connectivity index (χ0) is 36.3. The van der Waals surface area contributed by atoms with Crippen molar-refractivity contribution in [3.8, 4) is 0 Å². The zero-order valence-electron chi connectivity index (χ0n) is 32.8. The fraction of sp³-hybridized carbons (Fsp3) is 0.510. The first-order valence-corrected chi connectivity index (χ1v) is 20.8. The number of anilines is 2. The van der Waals surface area contributed by atoms with E-state index in [2.05, 4.69) is 113 Å². The van der Waals surface area contributed by atoms with Gasteiger partial charge in [-0.25, -0.2) is 0 Å². The van der Waals surface area contributed by atoms with Crippen molar-refractivity contribution >= 4 is 11.4 Å². The summed E-state index contributed by atoms with van der Waals surface area (Å²) in [7, 11) is 0. The number of aryl methyl sites for hydroxylation is 4. The summed E-state index contributed by atoms with van der Waals surface area (Å²) in [5.41, 5.74) is 25.2. The lowest BCUT2D eigenvalue weighted by atomic mass is 9.83. The largest absolute Gasteiger partial charge is 0.399 e. The molecule has 0 aromatic heterocycles. The number of nitrogens with two attached hydrogens (primary N) is 2. The number of hydrogen-bond acceptors (Lipinski definition) is 2. The highest BCUT2D eigenvalue weighted by Gasteiger charge is 2.18. The quantitative estimate of drug-likeness (QED) is 0.0569. The molecule has 0 radical (unpaired) electrons. The molecule has 0 aliphatic rings. The molecule has 51 heavy (non-hydrogen) atoms. The third-order valence-electron chi connectivity index (χ3n) is 11.2. The molecule has 0 saturated heterocycles. The molecule has 276 valence electrons. The predicted octanol–water partition coefficient (Wildman–Crippen LogP) is 14.2. The smallest absolute Gasteiger partial charge is 0.0316 e. The van der Waals surface area contributed by atoms with Crippen LogP contribution in [-0.2, 0) is 12.8 Å². The Bertz CT molecular complexity index is 1420. The van der Waals surface area contributed by atoms with E-state index in [0.717, 1.165) is 30.6 Å². The number of benzene rings is 4. The Morgan fingerprint density at radius 3 is 1.12 bits per heavy atom. The highest BCUT2D eigenvalue weighted by Crippen LogP contribution is 2.35. The first-order valence-electron chi connectivity index (χ1n) is 20.8. The Balaban J connectivity index is 1.33. The lowest BCUT2D eigenvalue weighted by Crippen LogP contribution is -2.05. The normalized spacial score (nSPS) is 12.6. The lowest BCUT2D eigenvalue weighted by Gasteiger charge is -2.21. The van der Waals surface area contributed by atoms with E-state index in [4.69, 9.17) is 11.5 Å². The van der Waals surface area contributed by atoms with Crippen LogP contribution in [0.2, 0.25) is 0 Å². The maximum atomic E-state index is 6.14. The van der Waals surface area contributed by atoms with Crippen molar-refractivity contribution in [2.24, 2.45) is 0 Å². The number of nitrogen functional groups attached to an aromatic ring is 2. The summed E-state index contributed by atoms with van der Waals surface area (Å²) >= 11 is 0. The van der Waals surface area contributed by atoms with Gasteiger partial charge >= 0.3 is 0 Å². The molecule has 2 atom stereocenters. The van der Waals surface area contributed by atoms with Crippen molar-refractivity contribution in [1.29, 1.82) is 0 Å². The van der Waals surface area contributed by atoms with Gasteiger partial charge in [0.05, 0.1) is 0 Å². The van der Waals surface area contributed by atoms with Crippen molar-refractivity contribution in [3.05, 3.63) is 129 Å². The van der Waals surface area contributed by atoms with E-state index < -0.39 is 0 Å². The Hall–Kier alpha value is -3.52. The van der Waals surface area contributed by atoms with Gasteiger partial charge in [0.1, 0.15) is 0 Å². The summed E-state index contributed by atoms with van der Waals surface area (Å²) in [4.78, 5) is 0. The van der Waals surface area contributed by atoms with Crippen LogP contribution >= 0.6 is 0 Å². The third kappa shape index (κ3) is 13.5. The summed E-state index contributed by atoms with van der Waals surface area (Å²) in [5, 5.41) is 0. The monoisotopic (exact) mass is 687 g/mol. The van der Waals surface area contributed by atoms with Crippen LogP contribution in [-0.4, -0.2) is 0 Å². The fourth-order valence-electron chi connectivity index (χ4n) is 8.12. The molecule has 2 nitrogen and oxygen atoms in total. The minimum Gasteiger partial charge on any atom is -0.399 e. The van der Waals surface area contributed by atoms with Crippen molar-refractivity contribution in [2.75, 3.05) is 11.5 Å². The maximum Gasteiger partial charge on any atom is 0.0316 e. The summed E-state index contributed by atoms with van der Waals surface area (Å²) in [5.74, 6) is 0.862. The average Bonchev–Trinajstić information content (AvgIpc) is 3.12. The molecule has 0 spiro atoms. The molecular weight excluding hydrogens is 617 g/mol. The predicted molar refractivity (Wildman–Crippen MR) is 225 cm³/mol. The number of unbranched alkanes of at least 4 members (excludes halogenated alkanes) is 12. The van der Waals surface area contributed by atoms with E-state index in [-0.39, 0.29) is 0 Å². The van der Waals surface area contributed by atoms with Gasteiger partial charge in [0.25, 0.3) is 0 Å². The van der Waals surface area contributed by atoms with Crippen LogP contribution in [0.15, 0.2) is 84.9 Å². The van der Waals surface area contributed by atoms with Crippen LogP contribution in [0.4, 0.5) is 11.4 Å². The van der Waals surface area contributed by atoms with Gasteiger partial charge < -0.3 is 11.5 Å². The fourth-order valence-corrected chi connectivity index (χ4v) is 8.12. The Morgan fingerprint density at radius 1 is 0.412 bits per heavy atom. The summed E-state index contributed by atoms with van der Waals surface area (Å²) in [6.45, 7) is 9.03. The van der Waals surface area contributed by atoms with Crippen molar-refractivity contribution < 1.29 is 0 Å². The molecule has 2 heteroatoms. The van der Waals surface area contributed by atoms with Crippen LogP contribution in [0.3, 0.4) is 0 Å². The molecule has 0 saturated carbocycles. The molecule has 0 amide bonds. The topological polar surface area (TPSA) is 52.0 Å². The van der Waals surface area contributed by atoms with Crippen LogP contribution in [0.25, 0.3) is 0 Å². The molecule has 4 rings (SSSR count). The molecular formula is C49H70N2. The third-order valence-corrected chi connectivity index (χ3v) is 11.2. The molecule has 0 aliphatic carbocycles. The molecule has 4 aromatic rings. The van der Waals surface area contributed by atoms with E-state index >= 15 is 0 Å². The molecule has 4 aromatic carbocycles. The van der Waals surface area contributed by atoms with E-state index in [1.807, 2.05) is 0 Å². The molecule has 4 N–H and O–H groups in total. The van der Waals surface area contributed by atoms with Gasteiger partial charge in [-0.05, 0) is 115 Å². The Kier molecular flexibility index (Phi) is 17.7. The first kappa shape index (κ1) is 40.3. The minimum absolute atomic E-state index is 0.431. The molecule has 0 heterocycles. The van der Waals surface area contributed by atoms with E-state index in [0.29, 0.717) is 11.8 Å². The van der Waals surface area contributed by atoms with Gasteiger partial charge in [-0.2, -0.15) is 0 Å². The van der Waals surface area contributed by atoms with Crippen LogP contribution < -0.4 is 11.5 Å². The van der Waals surface area contributed by atoms with Gasteiger partial charge in [-0.15, -0.1) is 0 Å². The van der Waals surface area contributed by atoms with Gasteiger partial charge in [0, 0.05) is 23.2 Å². The van der Waals surface area contributed by atoms with Crippen LogP contribution in [0.1, 0.15) is 179 Å². The second kappa shape index (κ2) is 22.4. The van der Waals surface area contributed by atoms with Crippen LogP contribution in [0.5, 0.6) is 0 Å². The van der Waals surface area contributed by atoms with Gasteiger partial charge in [-0.3, -0.25) is 0 Å². The average molecular weight is 687 g/mol. The van der Waals surface area contributed by atoms with Crippen molar-refractivity contribution in [2.45, 2.75) is 162 Å². The summed E-state index contributed by atoms with van der Waals surface area (Å²) in [6.07, 6.45) is 24.6. The maximum absolute atomic E-state index is 6.14. The van der Waals surface area contributed by atoms with Crippen LogP contribution in [0, 0.1) is 13.8 Å². The molecule has 0 aliphatic heterocycles. The number of hydrogen-bond donors (Lipinski definition) is 2. The summed E-state index contributed by atoms with van der Waals surface area (Å²) < 4.78 is 0. The van der Waals surface area contributed by atoms with Gasteiger partial charge in [-0.1, -0.05) is 164 Å². The Morgan fingerprint density at radius 2 is 0.765 bits per heavy atom. The van der Waals surface area contributed by atoms with Crippen molar-refractivity contribution in [1.82, 2.24) is 0 Å². The highest BCUT2D eigenvalue weighted by atomic mass is 14.5. The molecule has 0 bridgehead atoms. The second-order valence-corrected chi connectivity index (χ2v) is 15.5.